The number of aromatic nitrogens is 1. The molecule has 2 aromatic carbocycles. The molecule has 1 amide bonds. The van der Waals surface area contributed by atoms with E-state index in [-0.39, 0.29) is 5.91 Å². The molecule has 1 aromatic heterocycles. The summed E-state index contributed by atoms with van der Waals surface area (Å²) >= 11 is 0. The summed E-state index contributed by atoms with van der Waals surface area (Å²) in [5.41, 5.74) is 4.30. The predicted octanol–water partition coefficient (Wildman–Crippen LogP) is 3.99. The van der Waals surface area contributed by atoms with Gasteiger partial charge in [0.15, 0.2) is 0 Å². The first kappa shape index (κ1) is 16.4. The number of anilines is 1. The number of benzene rings is 2. The normalized spacial score (nSPS) is 12.7. The molecule has 0 unspecified atom stereocenters. The first-order chi connectivity index (χ1) is 12.7. The van der Waals surface area contributed by atoms with E-state index in [9.17, 15) is 4.79 Å². The van der Waals surface area contributed by atoms with Gasteiger partial charge in [0.25, 0.3) is 5.91 Å². The van der Waals surface area contributed by atoms with E-state index < -0.39 is 0 Å². The Morgan fingerprint density at radius 3 is 2.73 bits per heavy atom. The van der Waals surface area contributed by atoms with Crippen LogP contribution in [0.1, 0.15) is 28.0 Å². The highest BCUT2D eigenvalue weighted by Crippen LogP contribution is 2.33. The van der Waals surface area contributed by atoms with Crippen molar-refractivity contribution in [1.29, 1.82) is 0 Å². The molecule has 3 aromatic rings. The number of hydrogen-bond acceptors (Lipinski definition) is 4. The molecule has 5 heteroatoms. The summed E-state index contributed by atoms with van der Waals surface area (Å²) in [5, 5.41) is 3.89. The number of para-hydroxylation sites is 1. The van der Waals surface area contributed by atoms with Crippen LogP contribution >= 0.6 is 0 Å². The number of carbonyl (C=O) groups excluding carboxylic acids is 1. The molecule has 132 valence electrons. The van der Waals surface area contributed by atoms with Crippen molar-refractivity contribution in [3.8, 4) is 11.5 Å². The number of nitrogens with one attached hydrogen (secondary N) is 1. The van der Waals surface area contributed by atoms with Crippen LogP contribution in [0.15, 0.2) is 42.5 Å². The largest absolute Gasteiger partial charge is 0.497 e. The number of methoxy groups -OCH3 is 2. The Bertz CT molecular complexity index is 998. The molecule has 0 radical (unpaired) electrons. The molecule has 1 aliphatic rings. The molecule has 0 spiro atoms. The van der Waals surface area contributed by atoms with Gasteiger partial charge < -0.3 is 14.8 Å². The van der Waals surface area contributed by atoms with E-state index in [4.69, 9.17) is 14.5 Å². The Hall–Kier alpha value is -3.08. The van der Waals surface area contributed by atoms with Crippen molar-refractivity contribution in [3.63, 3.8) is 0 Å². The first-order valence-electron chi connectivity index (χ1n) is 8.65. The van der Waals surface area contributed by atoms with Crippen molar-refractivity contribution in [2.24, 2.45) is 0 Å². The van der Waals surface area contributed by atoms with Crippen LogP contribution < -0.4 is 14.8 Å². The van der Waals surface area contributed by atoms with Gasteiger partial charge in [-0.25, -0.2) is 0 Å². The monoisotopic (exact) mass is 348 g/mol. The number of carbonyl (C=O) groups is 1. The molecule has 0 bridgehead atoms. The number of fused-ring (bicyclic) bond motifs is 2. The fraction of sp³-hybridized carbons (Fsp3) is 0.238. The third-order valence-electron chi connectivity index (χ3n) is 4.80. The van der Waals surface area contributed by atoms with Crippen molar-refractivity contribution in [2.75, 3.05) is 19.5 Å². The molecule has 0 atom stereocenters. The Morgan fingerprint density at radius 2 is 1.92 bits per heavy atom. The van der Waals surface area contributed by atoms with E-state index in [0.29, 0.717) is 17.2 Å². The second kappa shape index (κ2) is 6.67. The van der Waals surface area contributed by atoms with Gasteiger partial charge in [-0.1, -0.05) is 18.2 Å². The number of nitrogens with zero attached hydrogens (tertiary/aromatic N) is 1. The minimum absolute atomic E-state index is 0.134. The molecule has 0 saturated heterocycles. The van der Waals surface area contributed by atoms with E-state index in [1.54, 1.807) is 32.4 Å². The van der Waals surface area contributed by atoms with E-state index >= 15 is 0 Å². The number of amides is 1. The third kappa shape index (κ3) is 2.75. The zero-order chi connectivity index (χ0) is 18.1. The molecule has 0 fully saturated rings. The summed E-state index contributed by atoms with van der Waals surface area (Å²) in [5.74, 6) is 1.10. The Kier molecular flexibility index (Phi) is 4.21. The lowest BCUT2D eigenvalue weighted by Crippen LogP contribution is -2.16. The van der Waals surface area contributed by atoms with Crippen LogP contribution in [0.4, 0.5) is 5.69 Å². The molecular formula is C21H20N2O3. The van der Waals surface area contributed by atoms with Gasteiger partial charge in [0, 0.05) is 17.1 Å². The van der Waals surface area contributed by atoms with E-state index in [1.165, 1.54) is 0 Å². The smallest absolute Gasteiger partial charge is 0.256 e. The zero-order valence-electron chi connectivity index (χ0n) is 14.8. The van der Waals surface area contributed by atoms with Crippen molar-refractivity contribution in [3.05, 3.63) is 59.3 Å². The SMILES string of the molecule is COc1ccc(NC(=O)c2c3c(nc4ccccc24)CCC3)c(OC)c1. The lowest BCUT2D eigenvalue weighted by atomic mass is 10.0. The second-order valence-corrected chi connectivity index (χ2v) is 6.30. The highest BCUT2D eigenvalue weighted by atomic mass is 16.5. The van der Waals surface area contributed by atoms with E-state index in [2.05, 4.69) is 5.32 Å². The quantitative estimate of drug-likeness (QED) is 0.774. The topological polar surface area (TPSA) is 60.5 Å². The van der Waals surface area contributed by atoms with Crippen LogP contribution in [-0.4, -0.2) is 25.1 Å². The lowest BCUT2D eigenvalue weighted by Gasteiger charge is -2.15. The number of hydrogen-bond donors (Lipinski definition) is 1. The molecular weight excluding hydrogens is 328 g/mol. The van der Waals surface area contributed by atoms with Crippen LogP contribution in [0.3, 0.4) is 0 Å². The summed E-state index contributed by atoms with van der Waals surface area (Å²) in [6.07, 6.45) is 2.84. The Morgan fingerprint density at radius 1 is 1.08 bits per heavy atom. The molecule has 1 heterocycles. The third-order valence-corrected chi connectivity index (χ3v) is 4.80. The van der Waals surface area contributed by atoms with Crippen LogP contribution in [0, 0.1) is 0 Å². The highest BCUT2D eigenvalue weighted by molar-refractivity contribution is 6.14. The van der Waals surface area contributed by atoms with Gasteiger partial charge in [-0.05, 0) is 43.0 Å². The first-order valence-corrected chi connectivity index (χ1v) is 8.65. The van der Waals surface area contributed by atoms with Crippen LogP contribution in [0.25, 0.3) is 10.9 Å². The van der Waals surface area contributed by atoms with Gasteiger partial charge >= 0.3 is 0 Å². The lowest BCUT2D eigenvalue weighted by molar-refractivity contribution is 0.102. The number of rotatable bonds is 4. The fourth-order valence-electron chi connectivity index (χ4n) is 3.56. The number of ether oxygens (including phenoxy) is 2. The van der Waals surface area contributed by atoms with Gasteiger partial charge in [0.1, 0.15) is 11.5 Å². The van der Waals surface area contributed by atoms with Crippen LogP contribution in [0.5, 0.6) is 11.5 Å². The van der Waals surface area contributed by atoms with Crippen molar-refractivity contribution in [1.82, 2.24) is 4.98 Å². The van der Waals surface area contributed by atoms with E-state index in [1.807, 2.05) is 24.3 Å². The fourth-order valence-corrected chi connectivity index (χ4v) is 3.56. The maximum absolute atomic E-state index is 13.2. The van der Waals surface area contributed by atoms with Gasteiger partial charge in [-0.15, -0.1) is 0 Å². The van der Waals surface area contributed by atoms with E-state index in [0.717, 1.165) is 47.0 Å². The number of aryl methyl sites for hydroxylation is 1. The van der Waals surface area contributed by atoms with Gasteiger partial charge in [0.2, 0.25) is 0 Å². The molecule has 1 aliphatic carbocycles. The predicted molar refractivity (Wildman–Crippen MR) is 101 cm³/mol. The minimum atomic E-state index is -0.134. The summed E-state index contributed by atoms with van der Waals surface area (Å²) < 4.78 is 10.6. The Balaban J connectivity index is 1.78. The molecule has 1 N–H and O–H groups in total. The standard InChI is InChI=1S/C21H20N2O3/c1-25-13-10-11-18(19(12-13)26-2)23-21(24)20-14-6-3-4-8-16(14)22-17-9-5-7-15(17)20/h3-4,6,8,10-12H,5,7,9H2,1-2H3,(H,23,24). The van der Waals surface area contributed by atoms with Crippen LogP contribution in [0.2, 0.25) is 0 Å². The van der Waals surface area contributed by atoms with Gasteiger partial charge in [0.05, 0.1) is 31.0 Å². The molecule has 0 aliphatic heterocycles. The zero-order valence-corrected chi connectivity index (χ0v) is 14.8. The number of pyridine rings is 1. The maximum atomic E-state index is 13.2. The summed E-state index contributed by atoms with van der Waals surface area (Å²) in [6, 6.07) is 13.2. The highest BCUT2D eigenvalue weighted by Gasteiger charge is 2.24. The van der Waals surface area contributed by atoms with Crippen molar-refractivity contribution in [2.45, 2.75) is 19.3 Å². The summed E-state index contributed by atoms with van der Waals surface area (Å²) in [7, 11) is 3.17. The Labute approximate surface area is 152 Å². The van der Waals surface area contributed by atoms with Crippen molar-refractivity contribution >= 4 is 22.5 Å². The summed E-state index contributed by atoms with van der Waals surface area (Å²) in [6.45, 7) is 0. The molecule has 26 heavy (non-hydrogen) atoms. The molecule has 0 saturated carbocycles. The molecule has 4 rings (SSSR count). The van der Waals surface area contributed by atoms with Crippen molar-refractivity contribution < 1.29 is 14.3 Å². The van der Waals surface area contributed by atoms with Crippen LogP contribution in [-0.2, 0) is 12.8 Å². The van der Waals surface area contributed by atoms with Gasteiger partial charge in [-0.3, -0.25) is 9.78 Å². The average molecular weight is 348 g/mol. The van der Waals surface area contributed by atoms with Gasteiger partial charge in [-0.2, -0.15) is 0 Å². The summed E-state index contributed by atoms with van der Waals surface area (Å²) in [4.78, 5) is 17.9. The molecule has 5 nitrogen and oxygen atoms in total. The average Bonchev–Trinajstić information content (AvgIpc) is 3.14. The maximum Gasteiger partial charge on any atom is 0.256 e. The second-order valence-electron chi connectivity index (χ2n) is 6.30. The minimum Gasteiger partial charge on any atom is -0.497 e.